The van der Waals surface area contributed by atoms with Gasteiger partial charge in [-0.1, -0.05) is 18.7 Å². The molecule has 1 aliphatic rings. The molecule has 68 valence electrons. The molecule has 0 heterocycles. The van der Waals surface area contributed by atoms with Crippen molar-refractivity contribution in [3.05, 3.63) is 0 Å². The van der Waals surface area contributed by atoms with Crippen LogP contribution in [0.2, 0.25) is 5.82 Å². The predicted molar refractivity (Wildman–Crippen MR) is 40.4 cm³/mol. The summed E-state index contributed by atoms with van der Waals surface area (Å²) in [7, 11) is 0. The molecule has 0 saturated heterocycles. The van der Waals surface area contributed by atoms with Crippen LogP contribution in [0.25, 0.3) is 0 Å². The largest absolute Gasteiger partial charge is 1.00 e. The standard InChI is InChI=1S/C7H10BF3N.K/c9-8(10,11)7-3-1-6(5-12)2-4-7;/h6-7H,1-4H2;/q-1;+1. The molecule has 0 atom stereocenters. The summed E-state index contributed by atoms with van der Waals surface area (Å²) in [5.74, 6) is -1.24. The molecule has 0 N–H and O–H groups in total. The van der Waals surface area contributed by atoms with Crippen molar-refractivity contribution in [2.75, 3.05) is 0 Å². The smallest absolute Gasteiger partial charge is 0.449 e. The Kier molecular flexibility index (Phi) is 6.20. The van der Waals surface area contributed by atoms with Crippen LogP contribution in [0.1, 0.15) is 25.7 Å². The minimum Gasteiger partial charge on any atom is -0.449 e. The Morgan fingerprint density at radius 3 is 1.85 bits per heavy atom. The molecule has 0 bridgehead atoms. The first-order chi connectivity index (χ1) is 5.54. The molecular formula is C7H10BF3KN. The summed E-state index contributed by atoms with van der Waals surface area (Å²) in [4.78, 5) is 0. The van der Waals surface area contributed by atoms with Crippen LogP contribution >= 0.6 is 0 Å². The van der Waals surface area contributed by atoms with Gasteiger partial charge >= 0.3 is 58.4 Å². The first-order valence-electron chi connectivity index (χ1n) is 4.13. The van der Waals surface area contributed by atoms with E-state index in [1.807, 2.05) is 6.07 Å². The van der Waals surface area contributed by atoms with Gasteiger partial charge in [0.25, 0.3) is 0 Å². The third kappa shape index (κ3) is 4.34. The maximum Gasteiger partial charge on any atom is 1.00 e. The van der Waals surface area contributed by atoms with E-state index >= 15 is 0 Å². The van der Waals surface area contributed by atoms with Gasteiger partial charge in [-0.3, -0.25) is 0 Å². The first kappa shape index (κ1) is 14.0. The monoisotopic (exact) mass is 215 g/mol. The van der Waals surface area contributed by atoms with E-state index in [1.165, 1.54) is 0 Å². The van der Waals surface area contributed by atoms with Crippen molar-refractivity contribution >= 4 is 6.98 Å². The molecule has 0 amide bonds. The first-order valence-corrected chi connectivity index (χ1v) is 4.13. The van der Waals surface area contributed by atoms with Crippen LogP contribution in [0.5, 0.6) is 0 Å². The summed E-state index contributed by atoms with van der Waals surface area (Å²) < 4.78 is 36.5. The summed E-state index contributed by atoms with van der Waals surface area (Å²) in [6, 6.07) is 2.02. The van der Waals surface area contributed by atoms with Crippen molar-refractivity contribution in [3.63, 3.8) is 0 Å². The number of nitriles is 1. The zero-order valence-corrected chi connectivity index (χ0v) is 10.8. The van der Waals surface area contributed by atoms with E-state index in [4.69, 9.17) is 5.26 Å². The van der Waals surface area contributed by atoms with Gasteiger partial charge in [-0.15, -0.1) is 0 Å². The van der Waals surface area contributed by atoms with Gasteiger partial charge in [0.15, 0.2) is 0 Å². The zero-order valence-electron chi connectivity index (χ0n) is 7.64. The third-order valence-corrected chi connectivity index (χ3v) is 2.49. The molecule has 0 aromatic carbocycles. The van der Waals surface area contributed by atoms with Crippen LogP contribution < -0.4 is 51.4 Å². The van der Waals surface area contributed by atoms with Crippen molar-refractivity contribution in [1.82, 2.24) is 0 Å². The summed E-state index contributed by atoms with van der Waals surface area (Å²) in [5.41, 5.74) is 0. The SMILES string of the molecule is N#CC1CCC([B-](F)(F)F)CC1.[K+]. The second-order valence-electron chi connectivity index (χ2n) is 3.37. The summed E-state index contributed by atoms with van der Waals surface area (Å²) in [6.45, 7) is -4.66. The molecule has 1 fully saturated rings. The molecule has 1 aliphatic carbocycles. The Morgan fingerprint density at radius 1 is 1.08 bits per heavy atom. The van der Waals surface area contributed by atoms with Crippen molar-refractivity contribution in [3.8, 4) is 6.07 Å². The molecule has 1 rings (SSSR count). The van der Waals surface area contributed by atoms with Crippen LogP contribution in [0, 0.1) is 17.2 Å². The molecule has 0 unspecified atom stereocenters. The van der Waals surface area contributed by atoms with E-state index in [-0.39, 0.29) is 70.1 Å². The fourth-order valence-corrected chi connectivity index (χ4v) is 1.63. The number of halogens is 3. The Labute approximate surface area is 119 Å². The van der Waals surface area contributed by atoms with Gasteiger partial charge < -0.3 is 12.9 Å². The third-order valence-electron chi connectivity index (χ3n) is 2.49. The molecule has 6 heteroatoms. The van der Waals surface area contributed by atoms with Gasteiger partial charge in [-0.05, 0) is 12.8 Å². The van der Waals surface area contributed by atoms with E-state index in [2.05, 4.69) is 0 Å². The van der Waals surface area contributed by atoms with Gasteiger partial charge in [0.05, 0.1) is 6.07 Å². The predicted octanol–water partition coefficient (Wildman–Crippen LogP) is -0.0782. The molecule has 0 aliphatic heterocycles. The normalized spacial score (nSPS) is 28.8. The minimum atomic E-state index is -4.66. The van der Waals surface area contributed by atoms with Gasteiger partial charge in [-0.25, -0.2) is 0 Å². The van der Waals surface area contributed by atoms with E-state index in [0.717, 1.165) is 0 Å². The van der Waals surface area contributed by atoms with Gasteiger partial charge in [0.1, 0.15) is 0 Å². The fraction of sp³-hybridized carbons (Fsp3) is 0.857. The van der Waals surface area contributed by atoms with E-state index < -0.39 is 12.8 Å². The van der Waals surface area contributed by atoms with Gasteiger partial charge in [0.2, 0.25) is 0 Å². The van der Waals surface area contributed by atoms with Crippen molar-refractivity contribution in [2.24, 2.45) is 5.92 Å². The van der Waals surface area contributed by atoms with Crippen molar-refractivity contribution < 1.29 is 64.3 Å². The quantitative estimate of drug-likeness (QED) is 0.561. The molecule has 1 saturated carbocycles. The fourth-order valence-electron chi connectivity index (χ4n) is 1.63. The molecule has 0 spiro atoms. The molecule has 0 aromatic rings. The summed E-state index contributed by atoms with van der Waals surface area (Å²) >= 11 is 0. The van der Waals surface area contributed by atoms with E-state index in [9.17, 15) is 12.9 Å². The van der Waals surface area contributed by atoms with Gasteiger partial charge in [-0.2, -0.15) is 5.26 Å². The van der Waals surface area contributed by atoms with E-state index in [1.54, 1.807) is 0 Å². The topological polar surface area (TPSA) is 23.8 Å². The van der Waals surface area contributed by atoms with Crippen LogP contribution in [0.15, 0.2) is 0 Å². The Bertz CT molecular complexity index is 193. The van der Waals surface area contributed by atoms with Crippen molar-refractivity contribution in [2.45, 2.75) is 31.5 Å². The average molecular weight is 215 g/mol. The Hall–Kier alpha value is 0.981. The second-order valence-corrected chi connectivity index (χ2v) is 3.37. The number of hydrogen-bond acceptors (Lipinski definition) is 1. The minimum absolute atomic E-state index is 0. The van der Waals surface area contributed by atoms with Crippen LogP contribution in [-0.2, 0) is 0 Å². The second kappa shape index (κ2) is 5.76. The Morgan fingerprint density at radius 2 is 1.54 bits per heavy atom. The maximum atomic E-state index is 12.2. The summed E-state index contributed by atoms with van der Waals surface area (Å²) in [6.07, 6.45) is 1.15. The molecule has 0 aromatic heterocycles. The molecule has 1 nitrogen and oxygen atoms in total. The maximum absolute atomic E-state index is 12.2. The number of rotatable bonds is 1. The molecular weight excluding hydrogens is 205 g/mol. The van der Waals surface area contributed by atoms with Crippen LogP contribution in [0.3, 0.4) is 0 Å². The average Bonchev–Trinajstić information content (AvgIpc) is 2.03. The number of hydrogen-bond donors (Lipinski definition) is 0. The summed E-state index contributed by atoms with van der Waals surface area (Å²) in [5, 5.41) is 8.45. The molecule has 0 radical (unpaired) electrons. The zero-order chi connectivity index (χ0) is 9.19. The van der Waals surface area contributed by atoms with E-state index in [0.29, 0.717) is 12.8 Å². The van der Waals surface area contributed by atoms with Crippen LogP contribution in [-0.4, -0.2) is 6.98 Å². The van der Waals surface area contributed by atoms with Crippen LogP contribution in [0.4, 0.5) is 12.9 Å². The van der Waals surface area contributed by atoms with Crippen molar-refractivity contribution in [1.29, 1.82) is 5.26 Å². The molecule has 13 heavy (non-hydrogen) atoms. The number of nitrogens with zero attached hydrogens (tertiary/aromatic N) is 1. The van der Waals surface area contributed by atoms with Gasteiger partial charge in [0, 0.05) is 5.92 Å². The Balaban J connectivity index is 0.00000144.